The summed E-state index contributed by atoms with van der Waals surface area (Å²) in [5.74, 6) is 0.978. The van der Waals surface area contributed by atoms with Gasteiger partial charge in [0.25, 0.3) is 0 Å². The van der Waals surface area contributed by atoms with Crippen molar-refractivity contribution in [3.63, 3.8) is 0 Å². The maximum atomic E-state index is 12.1. The number of amides is 1. The first-order valence-electron chi connectivity index (χ1n) is 9.13. The smallest absolute Gasteiger partial charge is 0.220 e. The van der Waals surface area contributed by atoms with Gasteiger partial charge in [-0.15, -0.1) is 11.3 Å². The third kappa shape index (κ3) is 4.52. The van der Waals surface area contributed by atoms with Gasteiger partial charge in [0.15, 0.2) is 0 Å². The Morgan fingerprint density at radius 2 is 2.26 bits per heavy atom. The summed E-state index contributed by atoms with van der Waals surface area (Å²) in [4.78, 5) is 21.9. The number of hydrogen-bond acceptors (Lipinski definition) is 5. The number of aryl methyl sites for hydroxylation is 1. The molecule has 1 aliphatic rings. The number of ether oxygens (including phenoxy) is 1. The molecule has 4 rings (SSSR count). The average molecular weight is 379 g/mol. The number of fused-ring (bicyclic) bond motifs is 1. The van der Waals surface area contributed by atoms with Crippen molar-refractivity contribution < 1.29 is 9.53 Å². The summed E-state index contributed by atoms with van der Waals surface area (Å²) in [5, 5.41) is 5.07. The zero-order valence-electron chi connectivity index (χ0n) is 14.9. The minimum Gasteiger partial charge on any atom is -0.488 e. The van der Waals surface area contributed by atoms with Crippen molar-refractivity contribution >= 4 is 17.2 Å². The topological polar surface area (TPSA) is 64.1 Å². The number of carbonyl (C=O) groups excluding carboxylic acids is 1. The van der Waals surface area contributed by atoms with E-state index in [0.29, 0.717) is 13.0 Å². The molecule has 0 aliphatic carbocycles. The lowest BCUT2D eigenvalue weighted by molar-refractivity contribution is -0.121. The maximum absolute atomic E-state index is 12.1. The van der Waals surface area contributed by atoms with Gasteiger partial charge in [0.2, 0.25) is 5.91 Å². The lowest BCUT2D eigenvalue weighted by Gasteiger charge is -2.11. The van der Waals surface area contributed by atoms with Crippen LogP contribution in [0.15, 0.2) is 54.3 Å². The Kier molecular flexibility index (Phi) is 5.44. The van der Waals surface area contributed by atoms with Gasteiger partial charge in [0, 0.05) is 35.7 Å². The number of hydrogen-bond donors (Lipinski definition) is 1. The number of nitrogens with zero attached hydrogens (tertiary/aromatic N) is 2. The fourth-order valence-electron chi connectivity index (χ4n) is 3.24. The second-order valence-electron chi connectivity index (χ2n) is 6.59. The number of rotatable bonds is 7. The molecule has 5 nitrogen and oxygen atoms in total. The van der Waals surface area contributed by atoms with E-state index in [2.05, 4.69) is 32.8 Å². The lowest BCUT2D eigenvalue weighted by Crippen LogP contribution is -2.34. The van der Waals surface area contributed by atoms with Crippen molar-refractivity contribution in [2.75, 3.05) is 6.54 Å². The molecule has 1 aliphatic heterocycles. The molecule has 2 aromatic heterocycles. The molecule has 0 bridgehead atoms. The predicted octanol–water partition coefficient (Wildman–Crippen LogP) is 3.65. The molecule has 3 heterocycles. The van der Waals surface area contributed by atoms with Crippen molar-refractivity contribution in [2.45, 2.75) is 31.8 Å². The molecule has 3 aromatic rings. The van der Waals surface area contributed by atoms with E-state index in [1.165, 1.54) is 4.88 Å². The Morgan fingerprint density at radius 3 is 3.07 bits per heavy atom. The van der Waals surface area contributed by atoms with E-state index in [4.69, 9.17) is 4.74 Å². The Morgan fingerprint density at radius 1 is 1.30 bits per heavy atom. The highest BCUT2D eigenvalue weighted by molar-refractivity contribution is 7.09. The molecule has 0 saturated heterocycles. The summed E-state index contributed by atoms with van der Waals surface area (Å²) in [6.45, 7) is 0.535. The number of aromatic nitrogens is 2. The molecule has 6 heteroatoms. The summed E-state index contributed by atoms with van der Waals surface area (Å²) >= 11 is 1.74. The maximum Gasteiger partial charge on any atom is 0.220 e. The lowest BCUT2D eigenvalue weighted by atomic mass is 10.0. The number of carbonyl (C=O) groups is 1. The van der Waals surface area contributed by atoms with Crippen molar-refractivity contribution in [2.24, 2.45) is 0 Å². The Labute approximate surface area is 162 Å². The molecular weight excluding hydrogens is 358 g/mol. The van der Waals surface area contributed by atoms with Gasteiger partial charge < -0.3 is 10.1 Å². The van der Waals surface area contributed by atoms with Crippen LogP contribution >= 0.6 is 11.3 Å². The fraction of sp³-hybridized carbons (Fsp3) is 0.286. The summed E-state index contributed by atoms with van der Waals surface area (Å²) in [5.41, 5.74) is 3.03. The van der Waals surface area contributed by atoms with Gasteiger partial charge in [-0.1, -0.05) is 6.07 Å². The standard InChI is InChI=1S/C21H21N3O2S/c25-21(5-1-3-18-4-2-10-27-18)24-13-17-12-16-11-15(6-7-20(16)26-17)19-14-22-8-9-23-19/h2,4,6-11,14,17H,1,3,5,12-13H2,(H,24,25). The minimum atomic E-state index is -0.0154. The highest BCUT2D eigenvalue weighted by Crippen LogP contribution is 2.32. The number of thiophene rings is 1. The van der Waals surface area contributed by atoms with Crippen LogP contribution in [-0.4, -0.2) is 28.5 Å². The van der Waals surface area contributed by atoms with Gasteiger partial charge >= 0.3 is 0 Å². The number of benzene rings is 1. The van der Waals surface area contributed by atoms with Crippen molar-refractivity contribution in [3.05, 3.63) is 64.7 Å². The van der Waals surface area contributed by atoms with Crippen LogP contribution in [-0.2, 0) is 17.6 Å². The third-order valence-corrected chi connectivity index (χ3v) is 5.53. The molecule has 1 unspecified atom stereocenters. The molecule has 0 saturated carbocycles. The van der Waals surface area contributed by atoms with E-state index in [9.17, 15) is 4.79 Å². The SMILES string of the molecule is O=C(CCCc1cccs1)NCC1Cc2cc(-c3cnccn3)ccc2O1. The van der Waals surface area contributed by atoms with Crippen molar-refractivity contribution in [1.29, 1.82) is 0 Å². The fourth-order valence-corrected chi connectivity index (χ4v) is 3.99. The van der Waals surface area contributed by atoms with Gasteiger partial charge in [0.05, 0.1) is 18.4 Å². The predicted molar refractivity (Wildman–Crippen MR) is 106 cm³/mol. The molecular formula is C21H21N3O2S. The van der Waals surface area contributed by atoms with Crippen molar-refractivity contribution in [3.8, 4) is 17.0 Å². The van der Waals surface area contributed by atoms with Crippen LogP contribution in [0, 0.1) is 0 Å². The molecule has 138 valence electrons. The minimum absolute atomic E-state index is 0.0154. The van der Waals surface area contributed by atoms with Crippen LogP contribution in [0.5, 0.6) is 5.75 Å². The van der Waals surface area contributed by atoms with E-state index in [-0.39, 0.29) is 12.0 Å². The van der Waals surface area contributed by atoms with Gasteiger partial charge in [0.1, 0.15) is 11.9 Å². The van der Waals surface area contributed by atoms with Gasteiger partial charge in [-0.2, -0.15) is 0 Å². The second-order valence-corrected chi connectivity index (χ2v) is 7.63. The normalized spacial score (nSPS) is 15.2. The summed E-state index contributed by atoms with van der Waals surface area (Å²) in [6, 6.07) is 10.2. The molecule has 1 atom stereocenters. The zero-order valence-corrected chi connectivity index (χ0v) is 15.7. The molecule has 1 aromatic carbocycles. The van der Waals surface area contributed by atoms with E-state index >= 15 is 0 Å². The summed E-state index contributed by atoms with van der Waals surface area (Å²) in [7, 11) is 0. The largest absolute Gasteiger partial charge is 0.488 e. The highest BCUT2D eigenvalue weighted by Gasteiger charge is 2.23. The zero-order chi connectivity index (χ0) is 18.5. The van der Waals surface area contributed by atoms with Crippen LogP contribution in [0.1, 0.15) is 23.3 Å². The first-order valence-corrected chi connectivity index (χ1v) is 10.0. The highest BCUT2D eigenvalue weighted by atomic mass is 32.1. The molecule has 1 N–H and O–H groups in total. The molecule has 27 heavy (non-hydrogen) atoms. The summed E-state index contributed by atoms with van der Waals surface area (Å²) in [6.07, 6.45) is 8.27. The summed E-state index contributed by atoms with van der Waals surface area (Å²) < 4.78 is 5.96. The van der Waals surface area contributed by atoms with Gasteiger partial charge in [-0.3, -0.25) is 14.8 Å². The van der Waals surface area contributed by atoms with E-state index in [1.54, 1.807) is 29.9 Å². The Bertz CT molecular complexity index is 897. The monoisotopic (exact) mass is 379 g/mol. The van der Waals surface area contributed by atoms with Crippen LogP contribution in [0.3, 0.4) is 0 Å². The average Bonchev–Trinajstić information content (AvgIpc) is 3.36. The van der Waals surface area contributed by atoms with Crippen LogP contribution in [0.25, 0.3) is 11.3 Å². The van der Waals surface area contributed by atoms with Crippen LogP contribution in [0.2, 0.25) is 0 Å². The van der Waals surface area contributed by atoms with E-state index < -0.39 is 0 Å². The first kappa shape index (κ1) is 17.7. The third-order valence-electron chi connectivity index (χ3n) is 4.59. The molecule has 0 spiro atoms. The van der Waals surface area contributed by atoms with Crippen molar-refractivity contribution in [1.82, 2.24) is 15.3 Å². The molecule has 0 fully saturated rings. The number of nitrogens with one attached hydrogen (secondary N) is 1. The molecule has 0 radical (unpaired) electrons. The Balaban J connectivity index is 1.25. The van der Waals surface area contributed by atoms with Gasteiger partial charge in [-0.05, 0) is 48.1 Å². The quantitative estimate of drug-likeness (QED) is 0.681. The van der Waals surface area contributed by atoms with Crippen LogP contribution < -0.4 is 10.1 Å². The molecule has 1 amide bonds. The van der Waals surface area contributed by atoms with Gasteiger partial charge in [-0.25, -0.2) is 0 Å². The second kappa shape index (κ2) is 8.31. The van der Waals surface area contributed by atoms with Crippen LogP contribution in [0.4, 0.5) is 0 Å². The van der Waals surface area contributed by atoms with E-state index in [1.807, 2.05) is 18.2 Å². The first-order chi connectivity index (χ1) is 13.3. The van der Waals surface area contributed by atoms with E-state index in [0.717, 1.165) is 41.8 Å². The Hall–Kier alpha value is -2.73.